The quantitative estimate of drug-likeness (QED) is 0.876. The van der Waals surface area contributed by atoms with E-state index in [1.54, 1.807) is 0 Å². The third-order valence-electron chi connectivity index (χ3n) is 2.88. The second kappa shape index (κ2) is 5.65. The van der Waals surface area contributed by atoms with Gasteiger partial charge >= 0.3 is 0 Å². The van der Waals surface area contributed by atoms with Crippen LogP contribution in [-0.2, 0) is 4.79 Å². The number of carbonyl (C=O) groups excluding carboxylic acids is 1. The summed E-state index contributed by atoms with van der Waals surface area (Å²) in [6.45, 7) is 2.45. The van der Waals surface area contributed by atoms with Crippen molar-refractivity contribution in [2.24, 2.45) is 0 Å². The van der Waals surface area contributed by atoms with Crippen LogP contribution in [-0.4, -0.2) is 18.5 Å². The molecule has 2 N–H and O–H groups in total. The minimum Gasteiger partial charge on any atom is -0.352 e. The maximum absolute atomic E-state index is 11.5. The summed E-state index contributed by atoms with van der Waals surface area (Å²) in [5, 5.41) is 6.18. The number of benzene rings is 1. The molecule has 1 saturated carbocycles. The Labute approximate surface area is 110 Å². The molecule has 0 aliphatic heterocycles. The van der Waals surface area contributed by atoms with Gasteiger partial charge in [-0.3, -0.25) is 4.79 Å². The third-order valence-corrected chi connectivity index (χ3v) is 3.41. The molecule has 2 rings (SSSR count). The van der Waals surface area contributed by atoms with Gasteiger partial charge in [-0.25, -0.2) is 0 Å². The Morgan fingerprint density at radius 3 is 2.65 bits per heavy atom. The van der Waals surface area contributed by atoms with E-state index in [0.717, 1.165) is 17.3 Å². The summed E-state index contributed by atoms with van der Waals surface area (Å²) in [5.41, 5.74) is 1.19. The number of hydrogen-bond donors (Lipinski definition) is 2. The summed E-state index contributed by atoms with van der Waals surface area (Å²) < 4.78 is 1.07. The van der Waals surface area contributed by atoms with Gasteiger partial charge in [0.25, 0.3) is 0 Å². The van der Waals surface area contributed by atoms with E-state index in [-0.39, 0.29) is 11.9 Å². The van der Waals surface area contributed by atoms with Crippen LogP contribution in [0.15, 0.2) is 28.7 Å². The standard InChI is InChI=1S/C13H17BrN2O/c1-9(10-2-4-11(14)5-3-10)15-8-13(17)16-12-6-7-12/h2-5,9,12,15H,6-8H2,1H3,(H,16,17). The first-order valence-corrected chi connectivity index (χ1v) is 6.72. The van der Waals surface area contributed by atoms with Crippen LogP contribution in [0, 0.1) is 0 Å². The molecule has 1 unspecified atom stereocenters. The van der Waals surface area contributed by atoms with Gasteiger partial charge < -0.3 is 10.6 Å². The molecule has 0 bridgehead atoms. The lowest BCUT2D eigenvalue weighted by atomic mass is 10.1. The van der Waals surface area contributed by atoms with Crippen LogP contribution < -0.4 is 10.6 Å². The van der Waals surface area contributed by atoms with Gasteiger partial charge in [-0.2, -0.15) is 0 Å². The highest BCUT2D eigenvalue weighted by atomic mass is 79.9. The highest BCUT2D eigenvalue weighted by molar-refractivity contribution is 9.10. The molecule has 0 saturated heterocycles. The highest BCUT2D eigenvalue weighted by Crippen LogP contribution is 2.18. The lowest BCUT2D eigenvalue weighted by Crippen LogP contribution is -2.36. The third kappa shape index (κ3) is 4.13. The molecule has 0 heterocycles. The fourth-order valence-electron chi connectivity index (χ4n) is 1.62. The van der Waals surface area contributed by atoms with E-state index in [9.17, 15) is 4.79 Å². The van der Waals surface area contributed by atoms with E-state index in [2.05, 4.69) is 45.6 Å². The van der Waals surface area contributed by atoms with Crippen molar-refractivity contribution in [2.75, 3.05) is 6.54 Å². The van der Waals surface area contributed by atoms with E-state index in [4.69, 9.17) is 0 Å². The second-order valence-corrected chi connectivity index (χ2v) is 5.41. The number of halogens is 1. The average Bonchev–Trinajstić information content (AvgIpc) is 3.11. The Morgan fingerprint density at radius 2 is 2.06 bits per heavy atom. The van der Waals surface area contributed by atoms with Crippen LogP contribution in [0.3, 0.4) is 0 Å². The van der Waals surface area contributed by atoms with Crippen molar-refractivity contribution in [3.05, 3.63) is 34.3 Å². The van der Waals surface area contributed by atoms with Gasteiger partial charge in [-0.15, -0.1) is 0 Å². The summed E-state index contributed by atoms with van der Waals surface area (Å²) in [5.74, 6) is 0.0939. The van der Waals surface area contributed by atoms with Gasteiger partial charge in [0.15, 0.2) is 0 Å². The first kappa shape index (κ1) is 12.6. The molecule has 0 aromatic heterocycles. The van der Waals surface area contributed by atoms with Crippen LogP contribution in [0.1, 0.15) is 31.4 Å². The lowest BCUT2D eigenvalue weighted by Gasteiger charge is -2.14. The molecule has 1 amide bonds. The average molecular weight is 297 g/mol. The zero-order valence-electron chi connectivity index (χ0n) is 9.87. The minimum absolute atomic E-state index is 0.0939. The molecule has 1 aliphatic rings. The van der Waals surface area contributed by atoms with Crippen molar-refractivity contribution < 1.29 is 4.79 Å². The maximum Gasteiger partial charge on any atom is 0.234 e. The van der Waals surface area contributed by atoms with Crippen LogP contribution in [0.5, 0.6) is 0 Å². The lowest BCUT2D eigenvalue weighted by molar-refractivity contribution is -0.120. The van der Waals surface area contributed by atoms with Gasteiger partial charge in [0.2, 0.25) is 5.91 Å². The van der Waals surface area contributed by atoms with Crippen molar-refractivity contribution in [1.82, 2.24) is 10.6 Å². The van der Waals surface area contributed by atoms with Crippen LogP contribution in [0.2, 0.25) is 0 Å². The highest BCUT2D eigenvalue weighted by Gasteiger charge is 2.23. The molecule has 92 valence electrons. The van der Waals surface area contributed by atoms with E-state index in [1.807, 2.05) is 12.1 Å². The van der Waals surface area contributed by atoms with Crippen molar-refractivity contribution in [3.63, 3.8) is 0 Å². The second-order valence-electron chi connectivity index (χ2n) is 4.50. The van der Waals surface area contributed by atoms with Gasteiger partial charge in [0.05, 0.1) is 6.54 Å². The predicted molar refractivity (Wildman–Crippen MR) is 71.7 cm³/mol. The summed E-state index contributed by atoms with van der Waals surface area (Å²) in [6, 6.07) is 8.76. The van der Waals surface area contributed by atoms with E-state index >= 15 is 0 Å². The van der Waals surface area contributed by atoms with Crippen molar-refractivity contribution in [3.8, 4) is 0 Å². The monoisotopic (exact) mass is 296 g/mol. The molecule has 0 radical (unpaired) electrons. The molecule has 1 aromatic rings. The molecular weight excluding hydrogens is 280 g/mol. The largest absolute Gasteiger partial charge is 0.352 e. The van der Waals surface area contributed by atoms with Gasteiger partial charge in [-0.05, 0) is 37.5 Å². The van der Waals surface area contributed by atoms with Crippen molar-refractivity contribution in [2.45, 2.75) is 31.8 Å². The van der Waals surface area contributed by atoms with E-state index in [1.165, 1.54) is 5.56 Å². The summed E-state index contributed by atoms with van der Waals surface area (Å²) in [7, 11) is 0. The summed E-state index contributed by atoms with van der Waals surface area (Å²) in [6.07, 6.45) is 2.27. The molecule has 0 spiro atoms. The molecule has 3 nitrogen and oxygen atoms in total. The molecule has 1 aromatic carbocycles. The van der Waals surface area contributed by atoms with E-state index < -0.39 is 0 Å². The number of carbonyl (C=O) groups is 1. The Kier molecular flexibility index (Phi) is 4.18. The van der Waals surface area contributed by atoms with Crippen LogP contribution >= 0.6 is 15.9 Å². The molecule has 4 heteroatoms. The smallest absolute Gasteiger partial charge is 0.234 e. The van der Waals surface area contributed by atoms with Gasteiger partial charge in [-0.1, -0.05) is 28.1 Å². The topological polar surface area (TPSA) is 41.1 Å². The van der Waals surface area contributed by atoms with Gasteiger partial charge in [0, 0.05) is 16.6 Å². The van der Waals surface area contributed by atoms with Crippen molar-refractivity contribution in [1.29, 1.82) is 0 Å². The molecule has 17 heavy (non-hydrogen) atoms. The fourth-order valence-corrected chi connectivity index (χ4v) is 1.89. The number of rotatable bonds is 5. The van der Waals surface area contributed by atoms with E-state index in [0.29, 0.717) is 12.6 Å². The number of nitrogens with one attached hydrogen (secondary N) is 2. The Hall–Kier alpha value is -0.870. The zero-order chi connectivity index (χ0) is 12.3. The van der Waals surface area contributed by atoms with Crippen molar-refractivity contribution >= 4 is 21.8 Å². The summed E-state index contributed by atoms with van der Waals surface area (Å²) in [4.78, 5) is 11.5. The SMILES string of the molecule is CC(NCC(=O)NC1CC1)c1ccc(Br)cc1. The Bertz CT molecular complexity index is 387. The van der Waals surface area contributed by atoms with Crippen LogP contribution in [0.4, 0.5) is 0 Å². The number of amides is 1. The van der Waals surface area contributed by atoms with Crippen LogP contribution in [0.25, 0.3) is 0 Å². The van der Waals surface area contributed by atoms with Gasteiger partial charge in [0.1, 0.15) is 0 Å². The predicted octanol–water partition coefficient (Wildman–Crippen LogP) is 2.38. The fraction of sp³-hybridized carbons (Fsp3) is 0.462. The maximum atomic E-state index is 11.5. The first-order chi connectivity index (χ1) is 8.15. The molecule has 1 atom stereocenters. The molecule has 1 aliphatic carbocycles. The first-order valence-electron chi connectivity index (χ1n) is 5.93. The Balaban J connectivity index is 1.77. The zero-order valence-corrected chi connectivity index (χ0v) is 11.5. The Morgan fingerprint density at radius 1 is 1.41 bits per heavy atom. The number of hydrogen-bond acceptors (Lipinski definition) is 2. The minimum atomic E-state index is 0.0939. The molecular formula is C13H17BrN2O. The normalized spacial score (nSPS) is 16.6. The summed E-state index contributed by atoms with van der Waals surface area (Å²) >= 11 is 3.41. The molecule has 1 fully saturated rings.